The smallest absolute Gasteiger partial charge is 0.349 e. The SMILES string of the molecule is O=C(O[C@@H](C(=O)O)[C@@H](OC(=O)c1ccccc1)C(=O)NNC(=O)c1ccccc1O)c1ccccc1. The van der Waals surface area contributed by atoms with E-state index in [2.05, 4.69) is 0 Å². The number of rotatable bonds is 8. The molecule has 0 saturated heterocycles. The molecule has 184 valence electrons. The van der Waals surface area contributed by atoms with Gasteiger partial charge in [0.2, 0.25) is 12.2 Å². The van der Waals surface area contributed by atoms with Crippen molar-refractivity contribution in [2.75, 3.05) is 0 Å². The summed E-state index contributed by atoms with van der Waals surface area (Å²) in [6.07, 6.45) is -4.47. The van der Waals surface area contributed by atoms with Gasteiger partial charge in [0.1, 0.15) is 5.75 Å². The van der Waals surface area contributed by atoms with Crippen LogP contribution in [0.3, 0.4) is 0 Å². The number of aromatic hydroxyl groups is 1. The molecule has 4 N–H and O–H groups in total. The highest BCUT2D eigenvalue weighted by Gasteiger charge is 2.41. The van der Waals surface area contributed by atoms with E-state index in [-0.39, 0.29) is 22.4 Å². The number of carbonyl (C=O) groups excluding carboxylic acids is 4. The Morgan fingerprint density at radius 1 is 0.639 bits per heavy atom. The largest absolute Gasteiger partial charge is 0.507 e. The van der Waals surface area contributed by atoms with Crippen LogP contribution in [0.4, 0.5) is 0 Å². The van der Waals surface area contributed by atoms with E-state index in [1.54, 1.807) is 12.1 Å². The van der Waals surface area contributed by atoms with Gasteiger partial charge < -0.3 is 19.7 Å². The number of phenols is 1. The van der Waals surface area contributed by atoms with E-state index < -0.39 is 41.9 Å². The lowest BCUT2D eigenvalue weighted by molar-refractivity contribution is -0.159. The highest BCUT2D eigenvalue weighted by atomic mass is 16.6. The molecule has 3 aromatic rings. The van der Waals surface area contributed by atoms with Gasteiger partial charge in [-0.1, -0.05) is 48.5 Å². The van der Waals surface area contributed by atoms with Crippen molar-refractivity contribution in [3.05, 3.63) is 102 Å². The van der Waals surface area contributed by atoms with Crippen LogP contribution in [0.2, 0.25) is 0 Å². The summed E-state index contributed by atoms with van der Waals surface area (Å²) in [4.78, 5) is 62.2. The maximum atomic E-state index is 12.9. The first-order valence-electron chi connectivity index (χ1n) is 10.4. The molecule has 0 aliphatic carbocycles. The average molecular weight is 492 g/mol. The number of carboxylic acid groups (broad SMARTS) is 1. The van der Waals surface area contributed by atoms with Crippen LogP contribution < -0.4 is 10.9 Å². The van der Waals surface area contributed by atoms with Crippen LogP contribution >= 0.6 is 0 Å². The van der Waals surface area contributed by atoms with E-state index in [1.165, 1.54) is 72.8 Å². The third-order valence-corrected chi connectivity index (χ3v) is 4.71. The van der Waals surface area contributed by atoms with E-state index in [0.717, 1.165) is 0 Å². The van der Waals surface area contributed by atoms with E-state index >= 15 is 0 Å². The zero-order valence-electron chi connectivity index (χ0n) is 18.5. The lowest BCUT2D eigenvalue weighted by Gasteiger charge is -2.23. The molecular formula is C25H20N2O9. The first-order chi connectivity index (χ1) is 17.3. The molecule has 0 aliphatic rings. The van der Waals surface area contributed by atoms with Gasteiger partial charge in [-0.2, -0.15) is 0 Å². The Bertz CT molecular complexity index is 1260. The highest BCUT2D eigenvalue weighted by Crippen LogP contribution is 2.16. The summed E-state index contributed by atoms with van der Waals surface area (Å²) in [5, 5.41) is 19.5. The summed E-state index contributed by atoms with van der Waals surface area (Å²) in [6, 6.07) is 20.2. The van der Waals surface area contributed by atoms with E-state index in [4.69, 9.17) is 9.47 Å². The molecule has 0 heterocycles. The summed E-state index contributed by atoms with van der Waals surface area (Å²) in [6.45, 7) is 0. The number of nitrogens with one attached hydrogen (secondary N) is 2. The second kappa shape index (κ2) is 11.8. The van der Waals surface area contributed by atoms with Crippen molar-refractivity contribution in [3.8, 4) is 5.75 Å². The van der Waals surface area contributed by atoms with E-state index in [9.17, 15) is 34.2 Å². The third-order valence-electron chi connectivity index (χ3n) is 4.71. The fourth-order valence-corrected chi connectivity index (χ4v) is 2.93. The Kier molecular flexibility index (Phi) is 8.33. The fraction of sp³-hybridized carbons (Fsp3) is 0.0800. The lowest BCUT2D eigenvalue weighted by atomic mass is 10.1. The van der Waals surface area contributed by atoms with Crippen molar-refractivity contribution < 1.29 is 43.7 Å². The van der Waals surface area contributed by atoms with Crippen LogP contribution in [0.15, 0.2) is 84.9 Å². The number of hydrazine groups is 1. The van der Waals surface area contributed by atoms with Gasteiger partial charge in [0.25, 0.3) is 11.8 Å². The van der Waals surface area contributed by atoms with Crippen LogP contribution in [-0.4, -0.2) is 52.1 Å². The van der Waals surface area contributed by atoms with Crippen LogP contribution in [0, 0.1) is 0 Å². The Morgan fingerprint density at radius 2 is 1.11 bits per heavy atom. The van der Waals surface area contributed by atoms with Crippen LogP contribution in [-0.2, 0) is 19.1 Å². The number of phenolic OH excluding ortho intramolecular Hbond substituents is 1. The van der Waals surface area contributed by atoms with E-state index in [0.29, 0.717) is 0 Å². The van der Waals surface area contributed by atoms with Gasteiger partial charge in [-0.3, -0.25) is 20.4 Å². The maximum Gasteiger partial charge on any atom is 0.349 e. The van der Waals surface area contributed by atoms with Gasteiger partial charge in [-0.15, -0.1) is 0 Å². The second-order valence-electron chi connectivity index (χ2n) is 7.18. The molecule has 36 heavy (non-hydrogen) atoms. The predicted molar refractivity (Wildman–Crippen MR) is 123 cm³/mol. The number of hydrogen-bond acceptors (Lipinski definition) is 8. The Labute approximate surface area is 204 Å². The summed E-state index contributed by atoms with van der Waals surface area (Å²) >= 11 is 0. The topological polar surface area (TPSA) is 168 Å². The molecule has 3 aromatic carbocycles. The molecule has 0 saturated carbocycles. The number of carbonyl (C=O) groups is 5. The number of aliphatic carboxylic acids is 1. The Hall–Kier alpha value is -5.19. The van der Waals surface area contributed by atoms with Gasteiger partial charge >= 0.3 is 17.9 Å². The zero-order valence-corrected chi connectivity index (χ0v) is 18.5. The molecule has 3 rings (SSSR count). The number of hydrogen-bond donors (Lipinski definition) is 4. The molecule has 0 radical (unpaired) electrons. The van der Waals surface area contributed by atoms with Gasteiger partial charge in [0.05, 0.1) is 16.7 Å². The molecule has 11 nitrogen and oxygen atoms in total. The van der Waals surface area contributed by atoms with Gasteiger partial charge in [-0.05, 0) is 36.4 Å². The Balaban J connectivity index is 1.83. The number of benzene rings is 3. The zero-order chi connectivity index (χ0) is 26.1. The minimum absolute atomic E-state index is 0.00734. The molecule has 0 unspecified atom stereocenters. The van der Waals surface area contributed by atoms with Gasteiger partial charge in [0, 0.05) is 0 Å². The Morgan fingerprint density at radius 3 is 1.61 bits per heavy atom. The average Bonchev–Trinajstić information content (AvgIpc) is 2.89. The number of amides is 2. The van der Waals surface area contributed by atoms with E-state index in [1.807, 2.05) is 10.9 Å². The minimum atomic E-state index is -2.27. The summed E-state index contributed by atoms with van der Waals surface area (Å²) in [5.74, 6) is -6.58. The molecule has 2 atom stereocenters. The van der Waals surface area contributed by atoms with Gasteiger partial charge in [0.15, 0.2) is 0 Å². The molecule has 0 spiro atoms. The maximum absolute atomic E-state index is 12.9. The van der Waals surface area contributed by atoms with Crippen LogP contribution in [0.1, 0.15) is 31.1 Å². The molecule has 0 fully saturated rings. The van der Waals surface area contributed by atoms with Crippen molar-refractivity contribution in [3.63, 3.8) is 0 Å². The number of carboxylic acids is 1. The fourth-order valence-electron chi connectivity index (χ4n) is 2.93. The third kappa shape index (κ3) is 6.44. The van der Waals surface area contributed by atoms with Crippen molar-refractivity contribution in [1.82, 2.24) is 10.9 Å². The standard InChI is InChI=1S/C25H20N2O9/c28-18-14-8-7-13-17(18)21(29)26-27-22(30)19(35-24(33)15-9-3-1-4-10-15)20(23(31)32)36-25(34)16-11-5-2-6-12-16/h1-14,19-20,28H,(H,26,29)(H,27,30)(H,31,32)/t19-,20-/m1/s1. The molecule has 0 aliphatic heterocycles. The number of para-hydroxylation sites is 1. The first-order valence-corrected chi connectivity index (χ1v) is 10.4. The molecule has 0 aromatic heterocycles. The van der Waals surface area contributed by atoms with Crippen molar-refractivity contribution in [2.45, 2.75) is 12.2 Å². The summed E-state index contributed by atoms with van der Waals surface area (Å²) < 4.78 is 10.1. The number of esters is 2. The second-order valence-corrected chi connectivity index (χ2v) is 7.18. The molecule has 0 bridgehead atoms. The molecule has 2 amide bonds. The monoisotopic (exact) mass is 492 g/mol. The quantitative estimate of drug-likeness (QED) is 0.270. The van der Waals surface area contributed by atoms with Gasteiger partial charge in [-0.25, -0.2) is 14.4 Å². The number of ether oxygens (including phenoxy) is 2. The predicted octanol–water partition coefficient (Wildman–Crippen LogP) is 1.69. The van der Waals surface area contributed by atoms with Crippen LogP contribution in [0.5, 0.6) is 5.75 Å². The van der Waals surface area contributed by atoms with Crippen molar-refractivity contribution >= 4 is 29.7 Å². The van der Waals surface area contributed by atoms with Crippen LogP contribution in [0.25, 0.3) is 0 Å². The summed E-state index contributed by atoms with van der Waals surface area (Å²) in [7, 11) is 0. The van der Waals surface area contributed by atoms with Crippen molar-refractivity contribution in [1.29, 1.82) is 0 Å². The molecule has 11 heteroatoms. The van der Waals surface area contributed by atoms with Crippen molar-refractivity contribution in [2.24, 2.45) is 0 Å². The molecular weight excluding hydrogens is 472 g/mol. The highest BCUT2D eigenvalue weighted by molar-refractivity contribution is 6.00. The minimum Gasteiger partial charge on any atom is -0.507 e. The lowest BCUT2D eigenvalue weighted by Crippen LogP contribution is -2.54. The first kappa shape index (κ1) is 25.4. The summed E-state index contributed by atoms with van der Waals surface area (Å²) in [5.41, 5.74) is 3.71. The normalized spacial score (nSPS) is 11.9.